The first-order chi connectivity index (χ1) is 12.5. The van der Waals surface area contributed by atoms with E-state index in [4.69, 9.17) is 4.74 Å². The van der Waals surface area contributed by atoms with Gasteiger partial charge in [0.2, 0.25) is 0 Å². The van der Waals surface area contributed by atoms with Crippen molar-refractivity contribution in [2.45, 2.75) is 46.0 Å². The van der Waals surface area contributed by atoms with Gasteiger partial charge in [-0.15, -0.1) is 0 Å². The molecule has 26 heavy (non-hydrogen) atoms. The van der Waals surface area contributed by atoms with E-state index in [0.29, 0.717) is 13.0 Å². The number of nitrogens with one attached hydrogen (secondary N) is 1. The molecule has 0 heterocycles. The summed E-state index contributed by atoms with van der Waals surface area (Å²) in [7, 11) is 0. The summed E-state index contributed by atoms with van der Waals surface area (Å²) in [5.74, 6) is 2.60. The minimum absolute atomic E-state index is 0.0385. The summed E-state index contributed by atoms with van der Waals surface area (Å²) in [6.45, 7) is 8.78. The van der Waals surface area contributed by atoms with Crippen molar-refractivity contribution in [1.82, 2.24) is 5.32 Å². The van der Waals surface area contributed by atoms with Crippen LogP contribution < -0.4 is 10.1 Å². The Hall–Kier alpha value is -1.94. The van der Waals surface area contributed by atoms with Crippen LogP contribution in [0.2, 0.25) is 0 Å². The normalized spacial score (nSPS) is 11.8. The van der Waals surface area contributed by atoms with Crippen LogP contribution in [-0.4, -0.2) is 24.3 Å². The second-order valence-electron chi connectivity index (χ2n) is 6.61. The molecule has 0 unspecified atom stereocenters. The minimum atomic E-state index is -0.446. The second kappa shape index (κ2) is 10.3. The molecule has 3 nitrogen and oxygen atoms in total. The van der Waals surface area contributed by atoms with Crippen LogP contribution in [0.3, 0.4) is 0 Å². The van der Waals surface area contributed by atoms with Gasteiger partial charge in [-0.25, -0.2) is 0 Å². The van der Waals surface area contributed by atoms with Gasteiger partial charge in [0, 0.05) is 18.1 Å². The van der Waals surface area contributed by atoms with Crippen LogP contribution in [0.25, 0.3) is 0 Å². The molecular formula is C22H29NO2S. The van der Waals surface area contributed by atoms with Gasteiger partial charge in [0.05, 0.1) is 0 Å². The van der Waals surface area contributed by atoms with E-state index in [1.54, 1.807) is 0 Å². The molecule has 0 spiro atoms. The summed E-state index contributed by atoms with van der Waals surface area (Å²) in [4.78, 5) is 12.4. The molecule has 1 N–H and O–H groups in total. The SMILES string of the molecule is CC[C@H](Oc1ccc(C)cc1C)C(=O)NCCSCc1ccc(C)cc1. The molecule has 0 fully saturated rings. The molecular weight excluding hydrogens is 342 g/mol. The lowest BCUT2D eigenvalue weighted by Crippen LogP contribution is -2.39. The predicted octanol–water partition coefficient (Wildman–Crippen LogP) is 4.82. The summed E-state index contributed by atoms with van der Waals surface area (Å²) in [5.41, 5.74) is 4.85. The number of ether oxygens (including phenoxy) is 1. The van der Waals surface area contributed by atoms with Crippen LogP contribution in [0.1, 0.15) is 35.6 Å². The number of rotatable bonds is 9. The fraction of sp³-hybridized carbons (Fsp3) is 0.409. The third-order valence-corrected chi connectivity index (χ3v) is 5.23. The molecule has 140 valence electrons. The molecule has 2 rings (SSSR count). The molecule has 2 aromatic rings. The number of hydrogen-bond acceptors (Lipinski definition) is 3. The second-order valence-corrected chi connectivity index (χ2v) is 7.72. The molecule has 0 bridgehead atoms. The number of carbonyl (C=O) groups is 1. The number of aryl methyl sites for hydroxylation is 3. The quantitative estimate of drug-likeness (QED) is 0.642. The minimum Gasteiger partial charge on any atom is -0.480 e. The topological polar surface area (TPSA) is 38.3 Å². The van der Waals surface area contributed by atoms with Gasteiger partial charge in [-0.1, -0.05) is 54.4 Å². The zero-order chi connectivity index (χ0) is 18.9. The first-order valence-corrected chi connectivity index (χ1v) is 10.3. The van der Waals surface area contributed by atoms with Crippen molar-refractivity contribution in [3.8, 4) is 5.75 Å². The van der Waals surface area contributed by atoms with Gasteiger partial charge in [-0.05, 0) is 44.4 Å². The van der Waals surface area contributed by atoms with Crippen LogP contribution in [0.15, 0.2) is 42.5 Å². The maximum Gasteiger partial charge on any atom is 0.261 e. The van der Waals surface area contributed by atoms with E-state index in [1.165, 1.54) is 16.7 Å². The Bertz CT molecular complexity index is 713. The first-order valence-electron chi connectivity index (χ1n) is 9.14. The van der Waals surface area contributed by atoms with Crippen molar-refractivity contribution in [2.75, 3.05) is 12.3 Å². The summed E-state index contributed by atoms with van der Waals surface area (Å²) in [5, 5.41) is 3.00. The van der Waals surface area contributed by atoms with Crippen molar-refractivity contribution >= 4 is 17.7 Å². The Morgan fingerprint density at radius 1 is 1.08 bits per heavy atom. The molecule has 0 saturated carbocycles. The van der Waals surface area contributed by atoms with Crippen molar-refractivity contribution in [3.63, 3.8) is 0 Å². The van der Waals surface area contributed by atoms with Gasteiger partial charge in [-0.2, -0.15) is 11.8 Å². The molecule has 0 aliphatic carbocycles. The highest BCUT2D eigenvalue weighted by Crippen LogP contribution is 2.21. The van der Waals surface area contributed by atoms with Gasteiger partial charge < -0.3 is 10.1 Å². The lowest BCUT2D eigenvalue weighted by Gasteiger charge is -2.19. The van der Waals surface area contributed by atoms with Crippen LogP contribution in [0, 0.1) is 20.8 Å². The molecule has 0 aliphatic heterocycles. The fourth-order valence-electron chi connectivity index (χ4n) is 2.64. The molecule has 4 heteroatoms. The van der Waals surface area contributed by atoms with Crippen LogP contribution >= 0.6 is 11.8 Å². The van der Waals surface area contributed by atoms with Gasteiger partial charge in [0.25, 0.3) is 5.91 Å². The van der Waals surface area contributed by atoms with Crippen molar-refractivity contribution < 1.29 is 9.53 Å². The fourth-order valence-corrected chi connectivity index (χ4v) is 3.46. The van der Waals surface area contributed by atoms with Gasteiger partial charge in [0.1, 0.15) is 5.75 Å². The lowest BCUT2D eigenvalue weighted by molar-refractivity contribution is -0.128. The molecule has 2 aromatic carbocycles. The van der Waals surface area contributed by atoms with Gasteiger partial charge >= 0.3 is 0 Å². The molecule has 1 atom stereocenters. The summed E-state index contributed by atoms with van der Waals surface area (Å²) in [6.07, 6.45) is 0.203. The summed E-state index contributed by atoms with van der Waals surface area (Å²) in [6, 6.07) is 14.6. The Kier molecular flexibility index (Phi) is 8.05. The lowest BCUT2D eigenvalue weighted by atomic mass is 10.1. The zero-order valence-corrected chi connectivity index (χ0v) is 17.0. The van der Waals surface area contributed by atoms with Crippen LogP contribution in [-0.2, 0) is 10.5 Å². The van der Waals surface area contributed by atoms with E-state index in [1.807, 2.05) is 37.7 Å². The number of thioether (sulfide) groups is 1. The number of benzene rings is 2. The monoisotopic (exact) mass is 371 g/mol. The van der Waals surface area contributed by atoms with E-state index in [2.05, 4.69) is 49.5 Å². The summed E-state index contributed by atoms with van der Waals surface area (Å²) < 4.78 is 5.93. The smallest absolute Gasteiger partial charge is 0.261 e. The molecule has 0 aliphatic rings. The number of carbonyl (C=O) groups excluding carboxylic acids is 1. The van der Waals surface area contributed by atoms with E-state index < -0.39 is 6.10 Å². The first kappa shape index (κ1) is 20.4. The Balaban J connectivity index is 1.73. The van der Waals surface area contributed by atoms with E-state index >= 15 is 0 Å². The Labute approximate surface area is 161 Å². The highest BCUT2D eigenvalue weighted by molar-refractivity contribution is 7.98. The highest BCUT2D eigenvalue weighted by Gasteiger charge is 2.18. The van der Waals surface area contributed by atoms with Crippen molar-refractivity contribution in [1.29, 1.82) is 0 Å². The zero-order valence-electron chi connectivity index (χ0n) is 16.2. The standard InChI is InChI=1S/C22H29NO2S/c1-5-20(25-21-11-8-17(3)14-18(21)4)22(24)23-12-13-26-15-19-9-6-16(2)7-10-19/h6-11,14,20H,5,12-13,15H2,1-4H3,(H,23,24)/t20-/m0/s1. The molecule has 0 aromatic heterocycles. The Morgan fingerprint density at radius 3 is 2.42 bits per heavy atom. The van der Waals surface area contributed by atoms with Gasteiger partial charge in [-0.3, -0.25) is 4.79 Å². The van der Waals surface area contributed by atoms with Crippen LogP contribution in [0.4, 0.5) is 0 Å². The molecule has 1 amide bonds. The van der Waals surface area contributed by atoms with E-state index in [0.717, 1.165) is 22.8 Å². The van der Waals surface area contributed by atoms with Crippen molar-refractivity contribution in [2.24, 2.45) is 0 Å². The maximum absolute atomic E-state index is 12.4. The number of hydrogen-bond donors (Lipinski definition) is 1. The number of amides is 1. The predicted molar refractivity (Wildman–Crippen MR) is 111 cm³/mol. The summed E-state index contributed by atoms with van der Waals surface area (Å²) >= 11 is 1.83. The molecule has 0 radical (unpaired) electrons. The average Bonchev–Trinajstić information content (AvgIpc) is 2.62. The van der Waals surface area contributed by atoms with E-state index in [9.17, 15) is 4.79 Å². The van der Waals surface area contributed by atoms with Gasteiger partial charge in [0.15, 0.2) is 6.10 Å². The van der Waals surface area contributed by atoms with E-state index in [-0.39, 0.29) is 5.91 Å². The average molecular weight is 372 g/mol. The molecule has 0 saturated heterocycles. The maximum atomic E-state index is 12.4. The Morgan fingerprint density at radius 2 is 1.77 bits per heavy atom. The largest absolute Gasteiger partial charge is 0.480 e. The van der Waals surface area contributed by atoms with Crippen LogP contribution in [0.5, 0.6) is 5.75 Å². The van der Waals surface area contributed by atoms with Crippen molar-refractivity contribution in [3.05, 3.63) is 64.7 Å². The highest BCUT2D eigenvalue weighted by atomic mass is 32.2. The third kappa shape index (κ3) is 6.41. The third-order valence-electron chi connectivity index (χ3n) is 4.20.